The Labute approximate surface area is 171 Å². The van der Waals surface area contributed by atoms with Crippen molar-refractivity contribution in [2.45, 2.75) is 25.9 Å². The molecular formula is C21H21N7O2. The van der Waals surface area contributed by atoms with Crippen molar-refractivity contribution in [3.63, 3.8) is 0 Å². The van der Waals surface area contributed by atoms with E-state index in [1.165, 1.54) is 4.68 Å². The maximum absolute atomic E-state index is 12.9. The van der Waals surface area contributed by atoms with Gasteiger partial charge < -0.3 is 11.1 Å². The van der Waals surface area contributed by atoms with E-state index in [0.717, 1.165) is 16.6 Å². The Balaban J connectivity index is 1.62. The Kier molecular flexibility index (Phi) is 5.25. The molecule has 4 N–H and O–H groups in total. The number of nitrogens with two attached hydrogens (primary N) is 1. The molecule has 0 aliphatic carbocycles. The number of carbonyl (C=O) groups excluding carboxylic acids is 1. The highest BCUT2D eigenvalue weighted by Gasteiger charge is 2.16. The predicted octanol–water partition coefficient (Wildman–Crippen LogP) is 1.56. The summed E-state index contributed by atoms with van der Waals surface area (Å²) in [6, 6.07) is 16.7. The summed E-state index contributed by atoms with van der Waals surface area (Å²) in [5, 5.41) is 15.0. The molecule has 0 spiro atoms. The van der Waals surface area contributed by atoms with Gasteiger partial charge in [0.1, 0.15) is 12.4 Å². The molecule has 9 nitrogen and oxygen atoms in total. The summed E-state index contributed by atoms with van der Waals surface area (Å²) in [5.41, 5.74) is 7.00. The van der Waals surface area contributed by atoms with E-state index in [4.69, 9.17) is 5.73 Å². The number of nitrogens with one attached hydrogen (secondary N) is 2. The monoisotopic (exact) mass is 403 g/mol. The van der Waals surface area contributed by atoms with Crippen molar-refractivity contribution in [3.05, 3.63) is 82.0 Å². The van der Waals surface area contributed by atoms with Crippen LogP contribution >= 0.6 is 0 Å². The molecule has 1 amide bonds. The second-order valence-corrected chi connectivity index (χ2v) is 6.99. The van der Waals surface area contributed by atoms with Crippen molar-refractivity contribution in [2.75, 3.05) is 5.73 Å². The Morgan fingerprint density at radius 1 is 1.13 bits per heavy atom. The lowest BCUT2D eigenvalue weighted by atomic mass is 10.0. The lowest BCUT2D eigenvalue weighted by Crippen LogP contribution is -2.35. The zero-order valence-corrected chi connectivity index (χ0v) is 16.4. The van der Waals surface area contributed by atoms with Gasteiger partial charge in [0.15, 0.2) is 0 Å². The molecule has 0 bridgehead atoms. The highest BCUT2D eigenvalue weighted by Crippen LogP contribution is 2.17. The first-order valence-electron chi connectivity index (χ1n) is 9.51. The first-order chi connectivity index (χ1) is 14.5. The van der Waals surface area contributed by atoms with Crippen LogP contribution in [-0.4, -0.2) is 30.9 Å². The number of carbonyl (C=O) groups is 1. The number of nitrogens with zero attached hydrogens (tertiary/aromatic N) is 4. The fraction of sp³-hybridized carbons (Fsp3) is 0.190. The number of fused-ring (bicyclic) bond motifs is 1. The molecule has 9 heteroatoms. The Hall–Kier alpha value is -4.01. The van der Waals surface area contributed by atoms with Crippen LogP contribution in [0, 0.1) is 0 Å². The molecule has 30 heavy (non-hydrogen) atoms. The molecule has 4 aromatic rings. The molecule has 0 aliphatic rings. The Bertz CT molecular complexity index is 1250. The van der Waals surface area contributed by atoms with Crippen LogP contribution in [0.2, 0.25) is 0 Å². The standard InChI is InChI=1S/C21H21N7O2/c1-13(19-24-21(22)26-25-19)23-18(29)12-28-20(30)16-10-6-5-9-15(16)17(27-28)11-14-7-3-2-4-8-14/h2-10,13H,11-12H2,1H3,(H,23,29)(H3,22,24,25,26)/t13-/m1/s1. The number of aromatic nitrogens is 5. The summed E-state index contributed by atoms with van der Waals surface area (Å²) in [5.74, 6) is 0.168. The molecule has 2 heterocycles. The van der Waals surface area contributed by atoms with E-state index < -0.39 is 6.04 Å². The summed E-state index contributed by atoms with van der Waals surface area (Å²) in [6.45, 7) is 1.54. The predicted molar refractivity (Wildman–Crippen MR) is 113 cm³/mol. The van der Waals surface area contributed by atoms with Gasteiger partial charge in [0.2, 0.25) is 11.9 Å². The van der Waals surface area contributed by atoms with Crippen LogP contribution in [0.5, 0.6) is 0 Å². The van der Waals surface area contributed by atoms with Gasteiger partial charge in [-0.3, -0.25) is 14.7 Å². The molecule has 0 aliphatic heterocycles. The SMILES string of the molecule is C[C@@H](NC(=O)Cn1nc(Cc2ccccc2)c2ccccc2c1=O)c1nc(N)n[nH]1. The molecule has 0 unspecified atom stereocenters. The zero-order valence-electron chi connectivity index (χ0n) is 16.4. The minimum absolute atomic E-state index is 0.101. The topological polar surface area (TPSA) is 132 Å². The van der Waals surface area contributed by atoms with Gasteiger partial charge >= 0.3 is 0 Å². The van der Waals surface area contributed by atoms with Gasteiger partial charge in [-0.1, -0.05) is 48.5 Å². The maximum Gasteiger partial charge on any atom is 0.275 e. The van der Waals surface area contributed by atoms with E-state index in [9.17, 15) is 9.59 Å². The maximum atomic E-state index is 12.9. The number of benzene rings is 2. The fourth-order valence-corrected chi connectivity index (χ4v) is 3.31. The fourth-order valence-electron chi connectivity index (χ4n) is 3.31. The normalized spacial score (nSPS) is 12.0. The summed E-state index contributed by atoms with van der Waals surface area (Å²) in [6.07, 6.45) is 0.553. The smallest absolute Gasteiger partial charge is 0.275 e. The molecule has 0 saturated carbocycles. The number of rotatable bonds is 6. The van der Waals surface area contributed by atoms with Crippen molar-refractivity contribution in [1.82, 2.24) is 30.3 Å². The van der Waals surface area contributed by atoms with E-state index in [1.54, 1.807) is 19.1 Å². The third-order valence-corrected chi connectivity index (χ3v) is 4.76. The first-order valence-corrected chi connectivity index (χ1v) is 9.51. The van der Waals surface area contributed by atoms with Crippen molar-refractivity contribution < 1.29 is 4.79 Å². The number of hydrogen-bond acceptors (Lipinski definition) is 6. The zero-order chi connectivity index (χ0) is 21.1. The van der Waals surface area contributed by atoms with Gasteiger partial charge in [-0.05, 0) is 18.6 Å². The quantitative estimate of drug-likeness (QED) is 0.448. The lowest BCUT2D eigenvalue weighted by Gasteiger charge is -2.13. The highest BCUT2D eigenvalue weighted by molar-refractivity contribution is 5.84. The molecule has 2 aromatic heterocycles. The number of anilines is 1. The Morgan fingerprint density at radius 3 is 2.53 bits per heavy atom. The lowest BCUT2D eigenvalue weighted by molar-refractivity contribution is -0.122. The van der Waals surface area contributed by atoms with E-state index >= 15 is 0 Å². The van der Waals surface area contributed by atoms with Crippen LogP contribution in [0.4, 0.5) is 5.95 Å². The third kappa shape index (κ3) is 4.04. The van der Waals surface area contributed by atoms with Crippen molar-refractivity contribution in [1.29, 1.82) is 0 Å². The van der Waals surface area contributed by atoms with Crippen LogP contribution in [0.3, 0.4) is 0 Å². The van der Waals surface area contributed by atoms with Crippen LogP contribution in [0.25, 0.3) is 10.8 Å². The molecule has 152 valence electrons. The Morgan fingerprint density at radius 2 is 1.83 bits per heavy atom. The van der Waals surface area contributed by atoms with Crippen LogP contribution < -0.4 is 16.6 Å². The average molecular weight is 403 g/mol. The molecule has 0 radical (unpaired) electrons. The van der Waals surface area contributed by atoms with Gasteiger partial charge in [0, 0.05) is 11.8 Å². The van der Waals surface area contributed by atoms with Crippen LogP contribution in [0.1, 0.15) is 30.0 Å². The number of H-pyrrole nitrogens is 1. The van der Waals surface area contributed by atoms with Gasteiger partial charge in [-0.25, -0.2) is 4.68 Å². The van der Waals surface area contributed by atoms with Gasteiger partial charge in [0.25, 0.3) is 5.56 Å². The van der Waals surface area contributed by atoms with Gasteiger partial charge in [-0.15, -0.1) is 5.10 Å². The minimum atomic E-state index is -0.442. The van der Waals surface area contributed by atoms with Crippen LogP contribution in [0.15, 0.2) is 59.4 Å². The van der Waals surface area contributed by atoms with Crippen molar-refractivity contribution in [3.8, 4) is 0 Å². The minimum Gasteiger partial charge on any atom is -0.367 e. The highest BCUT2D eigenvalue weighted by atomic mass is 16.2. The number of amides is 1. The van der Waals surface area contributed by atoms with E-state index in [1.807, 2.05) is 42.5 Å². The van der Waals surface area contributed by atoms with Crippen molar-refractivity contribution in [2.24, 2.45) is 0 Å². The van der Waals surface area contributed by atoms with Crippen LogP contribution in [-0.2, 0) is 17.8 Å². The second kappa shape index (κ2) is 8.16. The molecular weight excluding hydrogens is 382 g/mol. The second-order valence-electron chi connectivity index (χ2n) is 6.99. The number of aromatic amines is 1. The summed E-state index contributed by atoms with van der Waals surface area (Å²) in [4.78, 5) is 29.5. The van der Waals surface area contributed by atoms with E-state index in [0.29, 0.717) is 17.6 Å². The largest absolute Gasteiger partial charge is 0.367 e. The average Bonchev–Trinajstić information content (AvgIpc) is 3.19. The molecule has 0 saturated heterocycles. The number of hydrogen-bond donors (Lipinski definition) is 3. The van der Waals surface area contributed by atoms with E-state index in [2.05, 4.69) is 25.6 Å². The van der Waals surface area contributed by atoms with Crippen molar-refractivity contribution >= 4 is 22.6 Å². The molecule has 2 aromatic carbocycles. The summed E-state index contributed by atoms with van der Waals surface area (Å²) < 4.78 is 1.21. The first kappa shape index (κ1) is 19.3. The number of nitrogen functional groups attached to an aromatic ring is 1. The summed E-state index contributed by atoms with van der Waals surface area (Å²) >= 11 is 0. The van der Waals surface area contributed by atoms with Gasteiger partial charge in [-0.2, -0.15) is 10.1 Å². The molecule has 4 rings (SSSR count). The van der Waals surface area contributed by atoms with Gasteiger partial charge in [0.05, 0.1) is 17.1 Å². The molecule has 0 fully saturated rings. The summed E-state index contributed by atoms with van der Waals surface area (Å²) in [7, 11) is 0. The third-order valence-electron chi connectivity index (χ3n) is 4.76. The molecule has 1 atom stereocenters. The van der Waals surface area contributed by atoms with E-state index in [-0.39, 0.29) is 24.0 Å².